The van der Waals surface area contributed by atoms with Crippen molar-refractivity contribution >= 4 is 16.8 Å². The van der Waals surface area contributed by atoms with E-state index in [1.54, 1.807) is 6.07 Å². The van der Waals surface area contributed by atoms with Crippen LogP contribution in [0.5, 0.6) is 0 Å². The van der Waals surface area contributed by atoms with Gasteiger partial charge in [0.1, 0.15) is 17.5 Å². The molecule has 3 rings (SSSR count). The Morgan fingerprint density at radius 3 is 3.06 bits per heavy atom. The van der Waals surface area contributed by atoms with E-state index >= 15 is 0 Å². The molecule has 0 bridgehead atoms. The molecular formula is C13H12FNO3. The van der Waals surface area contributed by atoms with Crippen LogP contribution in [0.4, 0.5) is 4.39 Å². The number of nitrogens with one attached hydrogen (secondary N) is 1. The largest absolute Gasteiger partial charge is 0.453 e. The lowest BCUT2D eigenvalue weighted by Gasteiger charge is -2.21. The molecule has 1 aromatic carbocycles. The van der Waals surface area contributed by atoms with E-state index in [0.29, 0.717) is 24.1 Å². The average molecular weight is 249 g/mol. The van der Waals surface area contributed by atoms with Crippen LogP contribution in [0.3, 0.4) is 0 Å². The van der Waals surface area contributed by atoms with E-state index in [1.165, 1.54) is 18.2 Å². The van der Waals surface area contributed by atoms with Crippen molar-refractivity contribution < 1.29 is 18.3 Å². The average Bonchev–Trinajstić information content (AvgIpc) is 2.81. The molecule has 1 aliphatic rings. The maximum Gasteiger partial charge on any atom is 0.227 e. The Morgan fingerprint density at radius 1 is 1.39 bits per heavy atom. The number of benzene rings is 1. The Hall–Kier alpha value is -1.72. The number of hydrogen-bond donors (Lipinski definition) is 1. The first kappa shape index (κ1) is 11.4. The minimum atomic E-state index is -0.524. The Labute approximate surface area is 103 Å². The van der Waals surface area contributed by atoms with Crippen LogP contribution in [0.25, 0.3) is 11.0 Å². The second kappa shape index (κ2) is 4.51. The molecule has 2 aromatic rings. The highest BCUT2D eigenvalue weighted by Crippen LogP contribution is 2.22. The van der Waals surface area contributed by atoms with Gasteiger partial charge in [0, 0.05) is 18.5 Å². The van der Waals surface area contributed by atoms with Crippen LogP contribution < -0.4 is 5.32 Å². The summed E-state index contributed by atoms with van der Waals surface area (Å²) in [6.45, 7) is 1.73. The van der Waals surface area contributed by atoms with Crippen molar-refractivity contribution in [1.29, 1.82) is 0 Å². The predicted octanol–water partition coefficient (Wildman–Crippen LogP) is 1.74. The maximum atomic E-state index is 13.0. The highest BCUT2D eigenvalue weighted by molar-refractivity contribution is 6.00. The molecule has 2 heterocycles. The SMILES string of the molecule is O=C(c1cc2cc(F)ccc2o1)C1CNCCO1. The highest BCUT2D eigenvalue weighted by Gasteiger charge is 2.25. The molecule has 0 aliphatic carbocycles. The van der Waals surface area contributed by atoms with Gasteiger partial charge in [-0.2, -0.15) is 0 Å². The number of Topliss-reactive ketones (excluding diaryl/α,β-unsaturated/α-hetero) is 1. The smallest absolute Gasteiger partial charge is 0.227 e. The fraction of sp³-hybridized carbons (Fsp3) is 0.308. The zero-order valence-electron chi connectivity index (χ0n) is 9.61. The summed E-state index contributed by atoms with van der Waals surface area (Å²) in [5.41, 5.74) is 0.503. The lowest BCUT2D eigenvalue weighted by atomic mass is 10.1. The molecule has 1 saturated heterocycles. The van der Waals surface area contributed by atoms with Crippen LogP contribution in [-0.2, 0) is 4.74 Å². The number of fused-ring (bicyclic) bond motifs is 1. The molecule has 1 N–H and O–H groups in total. The number of carbonyl (C=O) groups excluding carboxylic acids is 1. The Kier molecular flexibility index (Phi) is 2.85. The van der Waals surface area contributed by atoms with Gasteiger partial charge in [-0.25, -0.2) is 4.39 Å². The number of carbonyl (C=O) groups is 1. The van der Waals surface area contributed by atoms with Gasteiger partial charge >= 0.3 is 0 Å². The summed E-state index contributed by atoms with van der Waals surface area (Å²) in [5.74, 6) is -0.346. The van der Waals surface area contributed by atoms with Crippen molar-refractivity contribution in [2.45, 2.75) is 6.10 Å². The zero-order chi connectivity index (χ0) is 12.5. The Balaban J connectivity index is 1.91. The topological polar surface area (TPSA) is 51.5 Å². The van der Waals surface area contributed by atoms with Crippen molar-refractivity contribution in [3.8, 4) is 0 Å². The molecule has 1 unspecified atom stereocenters. The monoisotopic (exact) mass is 249 g/mol. The van der Waals surface area contributed by atoms with E-state index in [1.807, 2.05) is 0 Å². The van der Waals surface area contributed by atoms with Crippen molar-refractivity contribution in [1.82, 2.24) is 5.32 Å². The van der Waals surface area contributed by atoms with E-state index in [4.69, 9.17) is 9.15 Å². The second-order valence-electron chi connectivity index (χ2n) is 4.22. The molecular weight excluding hydrogens is 237 g/mol. The molecule has 94 valence electrons. The first-order valence-electron chi connectivity index (χ1n) is 5.80. The summed E-state index contributed by atoms with van der Waals surface area (Å²) >= 11 is 0. The second-order valence-corrected chi connectivity index (χ2v) is 4.22. The molecule has 1 fully saturated rings. The van der Waals surface area contributed by atoms with Crippen LogP contribution in [0.15, 0.2) is 28.7 Å². The highest BCUT2D eigenvalue weighted by atomic mass is 19.1. The van der Waals surface area contributed by atoms with Crippen LogP contribution in [0, 0.1) is 5.82 Å². The fourth-order valence-electron chi connectivity index (χ4n) is 2.03. The van der Waals surface area contributed by atoms with Gasteiger partial charge in [-0.05, 0) is 24.3 Å². The molecule has 0 saturated carbocycles. The molecule has 18 heavy (non-hydrogen) atoms. The van der Waals surface area contributed by atoms with Crippen molar-refractivity contribution in [2.24, 2.45) is 0 Å². The van der Waals surface area contributed by atoms with E-state index in [0.717, 1.165) is 6.54 Å². The molecule has 1 aromatic heterocycles. The van der Waals surface area contributed by atoms with Gasteiger partial charge in [-0.15, -0.1) is 0 Å². The van der Waals surface area contributed by atoms with Gasteiger partial charge in [0.2, 0.25) is 5.78 Å². The van der Waals surface area contributed by atoms with E-state index in [2.05, 4.69) is 5.32 Å². The molecule has 0 amide bonds. The van der Waals surface area contributed by atoms with Crippen molar-refractivity contribution in [3.05, 3.63) is 35.8 Å². The van der Waals surface area contributed by atoms with Gasteiger partial charge in [0.15, 0.2) is 5.76 Å². The van der Waals surface area contributed by atoms with Gasteiger partial charge in [-0.1, -0.05) is 0 Å². The van der Waals surface area contributed by atoms with Gasteiger partial charge in [0.25, 0.3) is 0 Å². The zero-order valence-corrected chi connectivity index (χ0v) is 9.61. The van der Waals surface area contributed by atoms with Gasteiger partial charge < -0.3 is 14.5 Å². The third-order valence-electron chi connectivity index (χ3n) is 2.94. The Bertz CT molecular complexity index is 587. The van der Waals surface area contributed by atoms with Crippen LogP contribution in [0.2, 0.25) is 0 Å². The molecule has 5 heteroatoms. The molecule has 1 aliphatic heterocycles. The molecule has 0 spiro atoms. The minimum Gasteiger partial charge on any atom is -0.453 e. The maximum absolute atomic E-state index is 13.0. The summed E-state index contributed by atoms with van der Waals surface area (Å²) in [4.78, 5) is 12.1. The summed E-state index contributed by atoms with van der Waals surface area (Å²) in [6.07, 6.45) is -0.524. The van der Waals surface area contributed by atoms with E-state index < -0.39 is 6.10 Å². The van der Waals surface area contributed by atoms with E-state index in [-0.39, 0.29) is 17.4 Å². The van der Waals surface area contributed by atoms with Crippen LogP contribution in [0.1, 0.15) is 10.6 Å². The number of morpholine rings is 1. The third kappa shape index (κ3) is 2.02. The summed E-state index contributed by atoms with van der Waals surface area (Å²) in [7, 11) is 0. The number of furan rings is 1. The van der Waals surface area contributed by atoms with Gasteiger partial charge in [-0.3, -0.25) is 4.79 Å². The van der Waals surface area contributed by atoms with Crippen molar-refractivity contribution in [3.63, 3.8) is 0 Å². The fourth-order valence-corrected chi connectivity index (χ4v) is 2.03. The van der Waals surface area contributed by atoms with Crippen LogP contribution in [-0.4, -0.2) is 31.6 Å². The molecule has 4 nitrogen and oxygen atoms in total. The first-order chi connectivity index (χ1) is 8.74. The Morgan fingerprint density at radius 2 is 2.28 bits per heavy atom. The lowest BCUT2D eigenvalue weighted by molar-refractivity contribution is 0.0251. The van der Waals surface area contributed by atoms with E-state index in [9.17, 15) is 9.18 Å². The van der Waals surface area contributed by atoms with Crippen LogP contribution >= 0.6 is 0 Å². The number of hydrogen-bond acceptors (Lipinski definition) is 4. The number of halogens is 1. The standard InChI is InChI=1S/C13H12FNO3/c14-9-1-2-10-8(5-9)6-11(18-10)13(16)12-7-15-3-4-17-12/h1-2,5-6,12,15H,3-4,7H2. The first-order valence-corrected chi connectivity index (χ1v) is 5.80. The summed E-state index contributed by atoms with van der Waals surface area (Å²) in [5, 5.41) is 3.67. The summed E-state index contributed by atoms with van der Waals surface area (Å²) in [6, 6.07) is 5.72. The third-order valence-corrected chi connectivity index (χ3v) is 2.94. The number of ether oxygens (including phenoxy) is 1. The predicted molar refractivity (Wildman–Crippen MR) is 63.1 cm³/mol. The quantitative estimate of drug-likeness (QED) is 0.824. The lowest BCUT2D eigenvalue weighted by Crippen LogP contribution is -2.42. The summed E-state index contributed by atoms with van der Waals surface area (Å²) < 4.78 is 23.8. The number of ketones is 1. The van der Waals surface area contributed by atoms with Crippen molar-refractivity contribution in [2.75, 3.05) is 19.7 Å². The number of rotatable bonds is 2. The normalized spacial score (nSPS) is 20.2. The minimum absolute atomic E-state index is 0.209. The molecule has 1 atom stereocenters. The molecule has 0 radical (unpaired) electrons. The van der Waals surface area contributed by atoms with Gasteiger partial charge in [0.05, 0.1) is 6.61 Å².